The molecule has 4 heteroatoms. The molecule has 0 saturated heterocycles. The summed E-state index contributed by atoms with van der Waals surface area (Å²) in [6.45, 7) is 0. The van der Waals surface area contributed by atoms with Gasteiger partial charge in [-0.25, -0.2) is 4.98 Å². The Morgan fingerprint density at radius 3 is 2.75 bits per heavy atom. The Morgan fingerprint density at radius 2 is 1.90 bits per heavy atom. The zero-order valence-corrected chi connectivity index (χ0v) is 10.4. The maximum Gasteiger partial charge on any atom is 0.237 e. The molecule has 0 saturated carbocycles. The number of benzene rings is 2. The number of rotatable bonds is 2. The molecule has 0 spiro atoms. The number of fused-ring (bicyclic) bond motifs is 1. The lowest BCUT2D eigenvalue weighted by molar-refractivity contribution is 0.462. The van der Waals surface area contributed by atoms with Crippen LogP contribution < -0.4 is 4.74 Å². The van der Waals surface area contributed by atoms with Crippen molar-refractivity contribution in [1.29, 1.82) is 5.26 Å². The average molecular weight is 262 g/mol. The third kappa shape index (κ3) is 2.25. The average Bonchev–Trinajstić information content (AvgIpc) is 2.47. The summed E-state index contributed by atoms with van der Waals surface area (Å²) in [6.07, 6.45) is 1.57. The number of pyridine rings is 1. The van der Waals surface area contributed by atoms with Gasteiger partial charge >= 0.3 is 0 Å². The standard InChI is InChI=1S/C16H10N2O2/c17-10-12-2-1-7-18-16(12)20-15-6-4-11-3-5-14(19)8-13(11)9-15/h1-9,19H. The predicted molar refractivity (Wildman–Crippen MR) is 74.6 cm³/mol. The maximum atomic E-state index is 9.50. The van der Waals surface area contributed by atoms with Crippen LogP contribution in [0.4, 0.5) is 0 Å². The van der Waals surface area contributed by atoms with E-state index in [1.807, 2.05) is 18.2 Å². The second-order valence-electron chi connectivity index (χ2n) is 4.26. The van der Waals surface area contributed by atoms with Gasteiger partial charge in [0.2, 0.25) is 5.88 Å². The van der Waals surface area contributed by atoms with Crippen molar-refractivity contribution < 1.29 is 9.84 Å². The van der Waals surface area contributed by atoms with Crippen LogP contribution in [0.15, 0.2) is 54.7 Å². The van der Waals surface area contributed by atoms with Crippen LogP contribution in [-0.2, 0) is 0 Å². The lowest BCUT2D eigenvalue weighted by Crippen LogP contribution is -1.91. The molecule has 0 aliphatic rings. The van der Waals surface area contributed by atoms with Crippen LogP contribution in [0.3, 0.4) is 0 Å². The molecule has 3 rings (SSSR count). The summed E-state index contributed by atoms with van der Waals surface area (Å²) in [4.78, 5) is 4.05. The molecule has 0 unspecified atom stereocenters. The fraction of sp³-hybridized carbons (Fsp3) is 0. The Morgan fingerprint density at radius 1 is 1.05 bits per heavy atom. The third-order valence-corrected chi connectivity index (χ3v) is 2.90. The molecule has 4 nitrogen and oxygen atoms in total. The quantitative estimate of drug-likeness (QED) is 0.766. The molecule has 0 amide bonds. The molecular formula is C16H10N2O2. The molecule has 2 aromatic carbocycles. The highest BCUT2D eigenvalue weighted by Gasteiger charge is 2.06. The topological polar surface area (TPSA) is 66.1 Å². The van der Waals surface area contributed by atoms with Gasteiger partial charge in [-0.05, 0) is 47.2 Å². The van der Waals surface area contributed by atoms with Crippen LogP contribution in [0.1, 0.15) is 5.56 Å². The minimum atomic E-state index is 0.199. The molecule has 0 radical (unpaired) electrons. The van der Waals surface area contributed by atoms with E-state index >= 15 is 0 Å². The largest absolute Gasteiger partial charge is 0.508 e. The van der Waals surface area contributed by atoms with Crippen molar-refractivity contribution in [3.05, 3.63) is 60.3 Å². The van der Waals surface area contributed by atoms with E-state index in [9.17, 15) is 5.11 Å². The SMILES string of the molecule is N#Cc1cccnc1Oc1ccc2ccc(O)cc2c1. The highest BCUT2D eigenvalue weighted by molar-refractivity contribution is 5.85. The van der Waals surface area contributed by atoms with Crippen molar-refractivity contribution in [3.8, 4) is 23.4 Å². The minimum absolute atomic E-state index is 0.199. The first-order valence-corrected chi connectivity index (χ1v) is 6.02. The monoisotopic (exact) mass is 262 g/mol. The maximum absolute atomic E-state index is 9.50. The van der Waals surface area contributed by atoms with E-state index in [0.717, 1.165) is 10.8 Å². The summed E-state index contributed by atoms with van der Waals surface area (Å²) < 4.78 is 5.63. The van der Waals surface area contributed by atoms with Crippen molar-refractivity contribution in [2.45, 2.75) is 0 Å². The van der Waals surface area contributed by atoms with Gasteiger partial charge in [-0.3, -0.25) is 0 Å². The highest BCUT2D eigenvalue weighted by atomic mass is 16.5. The molecule has 0 fully saturated rings. The van der Waals surface area contributed by atoms with Crippen molar-refractivity contribution in [3.63, 3.8) is 0 Å². The number of phenolic OH excluding ortho intramolecular Hbond substituents is 1. The molecule has 0 aliphatic carbocycles. The van der Waals surface area contributed by atoms with Crippen molar-refractivity contribution in [2.24, 2.45) is 0 Å². The third-order valence-electron chi connectivity index (χ3n) is 2.90. The van der Waals surface area contributed by atoms with Gasteiger partial charge in [-0.15, -0.1) is 0 Å². The van der Waals surface area contributed by atoms with Gasteiger partial charge in [-0.2, -0.15) is 5.26 Å². The van der Waals surface area contributed by atoms with E-state index in [-0.39, 0.29) is 11.6 Å². The summed E-state index contributed by atoms with van der Waals surface area (Å²) in [5, 5.41) is 20.4. The number of aromatic hydroxyl groups is 1. The Bertz CT molecular complexity index is 822. The van der Waals surface area contributed by atoms with Crippen LogP contribution in [0.5, 0.6) is 17.4 Å². The normalized spacial score (nSPS) is 10.2. The number of phenols is 1. The first kappa shape index (κ1) is 12.0. The Kier molecular flexibility index (Phi) is 2.94. The molecule has 1 heterocycles. The zero-order chi connectivity index (χ0) is 13.9. The van der Waals surface area contributed by atoms with Gasteiger partial charge in [0.05, 0.1) is 0 Å². The number of aromatic nitrogens is 1. The number of hydrogen-bond acceptors (Lipinski definition) is 4. The van der Waals surface area contributed by atoms with Crippen molar-refractivity contribution >= 4 is 10.8 Å². The molecule has 1 aromatic heterocycles. The molecule has 0 bridgehead atoms. The van der Waals surface area contributed by atoms with E-state index in [4.69, 9.17) is 10.00 Å². The smallest absolute Gasteiger partial charge is 0.237 e. The van der Waals surface area contributed by atoms with Gasteiger partial charge < -0.3 is 9.84 Å². The second-order valence-corrected chi connectivity index (χ2v) is 4.26. The van der Waals surface area contributed by atoms with Crippen molar-refractivity contribution in [1.82, 2.24) is 4.98 Å². The van der Waals surface area contributed by atoms with Crippen LogP contribution in [0.25, 0.3) is 10.8 Å². The first-order valence-electron chi connectivity index (χ1n) is 6.02. The lowest BCUT2D eigenvalue weighted by Gasteiger charge is -2.07. The number of hydrogen-bond donors (Lipinski definition) is 1. The zero-order valence-electron chi connectivity index (χ0n) is 10.4. The van der Waals surface area contributed by atoms with Gasteiger partial charge in [0, 0.05) is 6.20 Å². The summed E-state index contributed by atoms with van der Waals surface area (Å²) in [6, 6.07) is 16.0. The molecule has 3 aromatic rings. The Labute approximate surface area is 115 Å². The van der Waals surface area contributed by atoms with Gasteiger partial charge in [0.15, 0.2) is 0 Å². The molecule has 0 atom stereocenters. The van der Waals surface area contributed by atoms with E-state index in [1.54, 1.807) is 42.6 Å². The van der Waals surface area contributed by atoms with Gasteiger partial charge in [0.25, 0.3) is 0 Å². The van der Waals surface area contributed by atoms with Crippen LogP contribution in [0.2, 0.25) is 0 Å². The molecule has 0 aliphatic heterocycles. The molecule has 1 N–H and O–H groups in total. The number of ether oxygens (including phenoxy) is 1. The Balaban J connectivity index is 2.01. The van der Waals surface area contributed by atoms with Crippen LogP contribution >= 0.6 is 0 Å². The van der Waals surface area contributed by atoms with E-state index in [1.165, 1.54) is 0 Å². The van der Waals surface area contributed by atoms with E-state index < -0.39 is 0 Å². The number of nitrogens with zero attached hydrogens (tertiary/aromatic N) is 2. The van der Waals surface area contributed by atoms with Crippen LogP contribution in [0, 0.1) is 11.3 Å². The van der Waals surface area contributed by atoms with Crippen molar-refractivity contribution in [2.75, 3.05) is 0 Å². The van der Waals surface area contributed by atoms with E-state index in [0.29, 0.717) is 11.3 Å². The molecule has 96 valence electrons. The number of nitriles is 1. The Hall–Kier alpha value is -3.06. The van der Waals surface area contributed by atoms with E-state index in [2.05, 4.69) is 4.98 Å². The lowest BCUT2D eigenvalue weighted by atomic mass is 10.1. The summed E-state index contributed by atoms with van der Waals surface area (Å²) in [5.74, 6) is 1.04. The van der Waals surface area contributed by atoms with Gasteiger partial charge in [0.1, 0.15) is 23.1 Å². The van der Waals surface area contributed by atoms with Gasteiger partial charge in [-0.1, -0.05) is 12.1 Å². The summed E-state index contributed by atoms with van der Waals surface area (Å²) >= 11 is 0. The summed E-state index contributed by atoms with van der Waals surface area (Å²) in [7, 11) is 0. The minimum Gasteiger partial charge on any atom is -0.508 e. The fourth-order valence-corrected chi connectivity index (χ4v) is 1.94. The predicted octanol–water partition coefficient (Wildman–Crippen LogP) is 3.60. The molecular weight excluding hydrogens is 252 g/mol. The highest BCUT2D eigenvalue weighted by Crippen LogP contribution is 2.28. The van der Waals surface area contributed by atoms with Crippen LogP contribution in [-0.4, -0.2) is 10.1 Å². The molecule has 20 heavy (non-hydrogen) atoms. The fourth-order valence-electron chi connectivity index (χ4n) is 1.94. The second kappa shape index (κ2) is 4.90. The first-order chi connectivity index (χ1) is 9.76. The summed E-state index contributed by atoms with van der Waals surface area (Å²) in [5.41, 5.74) is 0.378.